The Morgan fingerprint density at radius 3 is 2.39 bits per heavy atom. The summed E-state index contributed by atoms with van der Waals surface area (Å²) in [6.07, 6.45) is 6.24. The third kappa shape index (κ3) is 7.02. The molecule has 1 unspecified atom stereocenters. The van der Waals surface area contributed by atoms with Crippen molar-refractivity contribution >= 4 is 11.3 Å². The van der Waals surface area contributed by atoms with Crippen LogP contribution in [0.2, 0.25) is 0 Å². The van der Waals surface area contributed by atoms with E-state index >= 15 is 0 Å². The van der Waals surface area contributed by atoms with Gasteiger partial charge in [-0.15, -0.1) is 11.3 Å². The molecule has 0 spiro atoms. The van der Waals surface area contributed by atoms with Gasteiger partial charge in [-0.25, -0.2) is 0 Å². The highest BCUT2D eigenvalue weighted by atomic mass is 32.1. The third-order valence-electron chi connectivity index (χ3n) is 5.94. The van der Waals surface area contributed by atoms with Crippen molar-refractivity contribution in [1.29, 1.82) is 0 Å². The molecule has 0 aliphatic carbocycles. The summed E-state index contributed by atoms with van der Waals surface area (Å²) >= 11 is 2.03. The van der Waals surface area contributed by atoms with Crippen molar-refractivity contribution in [2.45, 2.75) is 58.8 Å². The van der Waals surface area contributed by atoms with E-state index in [1.54, 1.807) is 9.75 Å². The highest BCUT2D eigenvalue weighted by Crippen LogP contribution is 2.28. The highest BCUT2D eigenvalue weighted by Gasteiger charge is 2.22. The first-order valence-corrected chi connectivity index (χ1v) is 11.8. The molecule has 3 rings (SSSR count). The molecule has 1 aliphatic rings. The lowest BCUT2D eigenvalue weighted by Crippen LogP contribution is -2.41. The first kappa shape index (κ1) is 21.5. The van der Waals surface area contributed by atoms with E-state index < -0.39 is 0 Å². The van der Waals surface area contributed by atoms with E-state index in [0.717, 1.165) is 26.3 Å². The number of aryl methyl sites for hydroxylation is 2. The number of ether oxygens (including phenoxy) is 1. The van der Waals surface area contributed by atoms with E-state index in [1.165, 1.54) is 44.2 Å². The zero-order valence-corrected chi connectivity index (χ0v) is 18.8. The summed E-state index contributed by atoms with van der Waals surface area (Å²) in [6, 6.07) is 15.6. The van der Waals surface area contributed by atoms with Crippen molar-refractivity contribution in [3.8, 4) is 0 Å². The maximum absolute atomic E-state index is 5.47. The number of hydrogen-bond donors (Lipinski definition) is 0. The molecule has 1 aromatic carbocycles. The minimum Gasteiger partial charge on any atom is -0.379 e. The summed E-state index contributed by atoms with van der Waals surface area (Å²) in [6.45, 7) is 12.4. The van der Waals surface area contributed by atoms with Crippen LogP contribution in [0.25, 0.3) is 0 Å². The molecule has 1 aliphatic heterocycles. The van der Waals surface area contributed by atoms with Crippen molar-refractivity contribution in [1.82, 2.24) is 4.90 Å². The van der Waals surface area contributed by atoms with Crippen LogP contribution in [0.3, 0.4) is 0 Å². The van der Waals surface area contributed by atoms with Crippen molar-refractivity contribution < 1.29 is 4.74 Å². The lowest BCUT2D eigenvalue weighted by atomic mass is 9.86. The lowest BCUT2D eigenvalue weighted by Gasteiger charge is -2.35. The molecule has 1 aromatic heterocycles. The van der Waals surface area contributed by atoms with E-state index in [0.29, 0.717) is 11.3 Å². The molecule has 3 heteroatoms. The summed E-state index contributed by atoms with van der Waals surface area (Å²) in [5.41, 5.74) is 1.85. The predicted molar refractivity (Wildman–Crippen MR) is 121 cm³/mol. The van der Waals surface area contributed by atoms with Crippen LogP contribution in [0.4, 0.5) is 0 Å². The minimum atomic E-state index is 0.391. The third-order valence-corrected chi connectivity index (χ3v) is 7.15. The first-order chi connectivity index (χ1) is 13.5. The van der Waals surface area contributed by atoms with Crippen LogP contribution in [-0.2, 0) is 17.6 Å². The Hall–Kier alpha value is -1.16. The lowest BCUT2D eigenvalue weighted by molar-refractivity contribution is 0.0198. The maximum atomic E-state index is 5.47. The fraction of sp³-hybridized carbons (Fsp3) is 0.600. The Labute approximate surface area is 175 Å². The monoisotopic (exact) mass is 399 g/mol. The summed E-state index contributed by atoms with van der Waals surface area (Å²) in [5.74, 6) is 0.632. The number of rotatable bonds is 10. The maximum Gasteiger partial charge on any atom is 0.0594 e. The Morgan fingerprint density at radius 1 is 1.00 bits per heavy atom. The fourth-order valence-corrected chi connectivity index (χ4v) is 5.26. The Balaban J connectivity index is 1.38. The predicted octanol–water partition coefficient (Wildman–Crippen LogP) is 6.17. The summed E-state index contributed by atoms with van der Waals surface area (Å²) < 4.78 is 5.47. The smallest absolute Gasteiger partial charge is 0.0594 e. The molecule has 0 saturated carbocycles. The van der Waals surface area contributed by atoms with Gasteiger partial charge in [0.15, 0.2) is 0 Å². The van der Waals surface area contributed by atoms with Gasteiger partial charge in [0.05, 0.1) is 13.2 Å². The zero-order chi connectivity index (χ0) is 19.8. The van der Waals surface area contributed by atoms with Gasteiger partial charge in [-0.1, -0.05) is 51.1 Å². The molecule has 2 aromatic rings. The molecule has 1 atom stereocenters. The van der Waals surface area contributed by atoms with Crippen LogP contribution >= 0.6 is 11.3 Å². The number of nitrogens with zero attached hydrogens (tertiary/aromatic N) is 1. The SMILES string of the molecule is CC(CCc1ccc(CCCC(C)(C)CN2CCOCC2)s1)c1ccccc1. The largest absolute Gasteiger partial charge is 0.379 e. The van der Waals surface area contributed by atoms with Gasteiger partial charge in [0.25, 0.3) is 0 Å². The molecule has 2 nitrogen and oxygen atoms in total. The van der Waals surface area contributed by atoms with Crippen molar-refractivity contribution in [2.75, 3.05) is 32.8 Å². The van der Waals surface area contributed by atoms with Crippen LogP contribution in [-0.4, -0.2) is 37.7 Å². The van der Waals surface area contributed by atoms with Crippen LogP contribution in [0.15, 0.2) is 42.5 Å². The van der Waals surface area contributed by atoms with Gasteiger partial charge in [0.1, 0.15) is 0 Å². The van der Waals surface area contributed by atoms with Gasteiger partial charge < -0.3 is 4.74 Å². The standard InChI is InChI=1S/C25H37NOS/c1-21(22-8-5-4-6-9-22)11-12-24-14-13-23(28-24)10-7-15-25(2,3)20-26-16-18-27-19-17-26/h4-6,8-9,13-14,21H,7,10-12,15-20H2,1-3H3. The molecule has 0 N–H and O–H groups in total. The van der Waals surface area contributed by atoms with E-state index in [9.17, 15) is 0 Å². The van der Waals surface area contributed by atoms with E-state index in [1.807, 2.05) is 11.3 Å². The van der Waals surface area contributed by atoms with Gasteiger partial charge in [0, 0.05) is 29.4 Å². The zero-order valence-electron chi connectivity index (χ0n) is 18.0. The molecule has 0 amide bonds. The van der Waals surface area contributed by atoms with Gasteiger partial charge in [-0.2, -0.15) is 0 Å². The molecule has 154 valence electrons. The van der Waals surface area contributed by atoms with Crippen molar-refractivity contribution in [3.05, 3.63) is 57.8 Å². The Bertz CT molecular complexity index is 688. The molecule has 2 heterocycles. The second kappa shape index (κ2) is 10.6. The molecule has 1 saturated heterocycles. The molecular weight excluding hydrogens is 362 g/mol. The topological polar surface area (TPSA) is 12.5 Å². The van der Waals surface area contributed by atoms with Crippen molar-refractivity contribution in [2.24, 2.45) is 5.41 Å². The van der Waals surface area contributed by atoms with Crippen LogP contribution in [0, 0.1) is 5.41 Å². The van der Waals surface area contributed by atoms with E-state index in [2.05, 4.69) is 68.1 Å². The van der Waals surface area contributed by atoms with Crippen LogP contribution < -0.4 is 0 Å². The second-order valence-corrected chi connectivity index (χ2v) is 10.4. The number of thiophene rings is 1. The Morgan fingerprint density at radius 2 is 1.68 bits per heavy atom. The summed E-state index contributed by atoms with van der Waals surface area (Å²) in [4.78, 5) is 5.68. The van der Waals surface area contributed by atoms with Crippen LogP contribution in [0.5, 0.6) is 0 Å². The normalized spacial score (nSPS) is 17.0. The molecular formula is C25H37NOS. The van der Waals surface area contributed by atoms with Gasteiger partial charge >= 0.3 is 0 Å². The van der Waals surface area contributed by atoms with Crippen LogP contribution in [0.1, 0.15) is 61.3 Å². The van der Waals surface area contributed by atoms with Crippen molar-refractivity contribution in [3.63, 3.8) is 0 Å². The van der Waals surface area contributed by atoms with E-state index in [-0.39, 0.29) is 0 Å². The molecule has 0 radical (unpaired) electrons. The second-order valence-electron chi connectivity index (χ2n) is 9.12. The summed E-state index contributed by atoms with van der Waals surface area (Å²) in [5, 5.41) is 0. The summed E-state index contributed by atoms with van der Waals surface area (Å²) in [7, 11) is 0. The van der Waals surface area contributed by atoms with Gasteiger partial charge in [0.2, 0.25) is 0 Å². The average molecular weight is 400 g/mol. The number of hydrogen-bond acceptors (Lipinski definition) is 3. The molecule has 0 bridgehead atoms. The quantitative estimate of drug-likeness (QED) is 0.474. The fourth-order valence-electron chi connectivity index (χ4n) is 4.18. The van der Waals surface area contributed by atoms with E-state index in [4.69, 9.17) is 4.74 Å². The number of morpholine rings is 1. The first-order valence-electron chi connectivity index (χ1n) is 10.9. The Kier molecular flexibility index (Phi) is 8.13. The van der Waals surface area contributed by atoms with Gasteiger partial charge in [-0.05, 0) is 61.1 Å². The molecule has 1 fully saturated rings. The van der Waals surface area contributed by atoms with Gasteiger partial charge in [-0.3, -0.25) is 4.90 Å². The number of benzene rings is 1. The average Bonchev–Trinajstić information content (AvgIpc) is 3.15. The molecule has 28 heavy (non-hydrogen) atoms. The minimum absolute atomic E-state index is 0.391. The highest BCUT2D eigenvalue weighted by molar-refractivity contribution is 7.11.